The van der Waals surface area contributed by atoms with Gasteiger partial charge in [-0.25, -0.2) is 4.79 Å². The highest BCUT2D eigenvalue weighted by molar-refractivity contribution is 5.89. The summed E-state index contributed by atoms with van der Waals surface area (Å²) in [6.07, 6.45) is 1.69. The van der Waals surface area contributed by atoms with Crippen molar-refractivity contribution in [1.82, 2.24) is 15.5 Å². The van der Waals surface area contributed by atoms with E-state index in [1.165, 1.54) is 0 Å². The third-order valence-electron chi connectivity index (χ3n) is 2.74. The van der Waals surface area contributed by atoms with Crippen LogP contribution in [0.5, 0.6) is 0 Å². The third-order valence-corrected chi connectivity index (χ3v) is 2.74. The van der Waals surface area contributed by atoms with Crippen LogP contribution in [-0.4, -0.2) is 22.8 Å². The van der Waals surface area contributed by atoms with E-state index in [0.29, 0.717) is 12.2 Å². The first-order chi connectivity index (χ1) is 9.69. The second-order valence-electron chi connectivity index (χ2n) is 4.41. The summed E-state index contributed by atoms with van der Waals surface area (Å²) < 4.78 is 0. The molecule has 0 spiro atoms. The van der Waals surface area contributed by atoms with Crippen LogP contribution in [0.4, 0.5) is 10.5 Å². The van der Waals surface area contributed by atoms with Crippen molar-refractivity contribution in [2.45, 2.75) is 6.92 Å². The molecule has 2 aromatic rings. The first-order valence-corrected chi connectivity index (χ1v) is 6.23. The van der Waals surface area contributed by atoms with Crippen LogP contribution in [0.25, 0.3) is 11.3 Å². The van der Waals surface area contributed by atoms with Crippen LogP contribution in [0.2, 0.25) is 0 Å². The average Bonchev–Trinajstić information content (AvgIpc) is 2.99. The van der Waals surface area contributed by atoms with Crippen molar-refractivity contribution >= 4 is 11.7 Å². The number of carbonyl (C=O) groups is 1. The van der Waals surface area contributed by atoms with Gasteiger partial charge in [-0.3, -0.25) is 5.10 Å². The highest BCUT2D eigenvalue weighted by Gasteiger charge is 2.05. The van der Waals surface area contributed by atoms with Gasteiger partial charge in [-0.15, -0.1) is 0 Å². The molecule has 0 fully saturated rings. The molecule has 20 heavy (non-hydrogen) atoms. The largest absolute Gasteiger partial charge is 0.337 e. The van der Waals surface area contributed by atoms with Gasteiger partial charge in [-0.05, 0) is 30.7 Å². The Morgan fingerprint density at radius 2 is 2.15 bits per heavy atom. The number of benzene rings is 1. The maximum Gasteiger partial charge on any atom is 0.319 e. The number of rotatable bonds is 4. The van der Waals surface area contributed by atoms with Crippen LogP contribution in [-0.2, 0) is 0 Å². The predicted octanol–water partition coefficient (Wildman–Crippen LogP) is 2.36. The van der Waals surface area contributed by atoms with Crippen molar-refractivity contribution in [3.63, 3.8) is 0 Å². The molecule has 0 aliphatic heterocycles. The molecule has 0 aliphatic carbocycles. The zero-order chi connectivity index (χ0) is 14.4. The summed E-state index contributed by atoms with van der Waals surface area (Å²) in [5, 5.41) is 20.7. The number of carbonyl (C=O) groups excluding carboxylic acids is 1. The van der Waals surface area contributed by atoms with Crippen LogP contribution in [0.1, 0.15) is 6.92 Å². The van der Waals surface area contributed by atoms with Gasteiger partial charge in [-0.1, -0.05) is 12.1 Å². The Morgan fingerprint density at radius 3 is 2.75 bits per heavy atom. The summed E-state index contributed by atoms with van der Waals surface area (Å²) in [5.41, 5.74) is 2.60. The number of nitriles is 1. The number of urea groups is 1. The van der Waals surface area contributed by atoms with Crippen molar-refractivity contribution in [3.8, 4) is 17.3 Å². The maximum atomic E-state index is 11.6. The minimum atomic E-state index is -0.318. The second kappa shape index (κ2) is 6.38. The smallest absolute Gasteiger partial charge is 0.319 e. The molecule has 6 nitrogen and oxygen atoms in total. The van der Waals surface area contributed by atoms with Gasteiger partial charge in [0.2, 0.25) is 0 Å². The summed E-state index contributed by atoms with van der Waals surface area (Å²) in [6, 6.07) is 11.0. The summed E-state index contributed by atoms with van der Waals surface area (Å²) in [4.78, 5) is 11.6. The van der Waals surface area contributed by atoms with E-state index in [-0.39, 0.29) is 11.9 Å². The Labute approximate surface area is 116 Å². The molecule has 102 valence electrons. The van der Waals surface area contributed by atoms with Gasteiger partial charge >= 0.3 is 6.03 Å². The van der Waals surface area contributed by atoms with E-state index in [9.17, 15) is 4.79 Å². The van der Waals surface area contributed by atoms with Gasteiger partial charge in [0.1, 0.15) is 0 Å². The number of amides is 2. The number of nitrogens with one attached hydrogen (secondary N) is 3. The van der Waals surface area contributed by atoms with Crippen LogP contribution in [0, 0.1) is 17.2 Å². The fourth-order valence-corrected chi connectivity index (χ4v) is 1.62. The molecule has 0 aliphatic rings. The molecule has 1 aromatic heterocycles. The van der Waals surface area contributed by atoms with Crippen LogP contribution in [0.15, 0.2) is 36.5 Å². The number of aromatic amines is 1. The minimum Gasteiger partial charge on any atom is -0.337 e. The normalized spacial score (nSPS) is 11.4. The topological polar surface area (TPSA) is 93.6 Å². The Morgan fingerprint density at radius 1 is 1.40 bits per heavy atom. The molecule has 1 heterocycles. The molecular formula is C14H15N5O. The van der Waals surface area contributed by atoms with Crippen molar-refractivity contribution in [1.29, 1.82) is 5.26 Å². The molecule has 6 heteroatoms. The minimum absolute atomic E-state index is 0.205. The summed E-state index contributed by atoms with van der Waals surface area (Å²) in [6.45, 7) is 2.08. The maximum absolute atomic E-state index is 11.6. The molecule has 0 radical (unpaired) electrons. The van der Waals surface area contributed by atoms with Gasteiger partial charge < -0.3 is 10.6 Å². The van der Waals surface area contributed by atoms with E-state index in [1.54, 1.807) is 13.1 Å². The molecule has 3 N–H and O–H groups in total. The van der Waals surface area contributed by atoms with E-state index in [4.69, 9.17) is 5.26 Å². The number of hydrogen-bond donors (Lipinski definition) is 3. The van der Waals surface area contributed by atoms with Gasteiger partial charge in [0.15, 0.2) is 0 Å². The molecule has 0 saturated carbocycles. The van der Waals surface area contributed by atoms with Crippen molar-refractivity contribution in [2.75, 3.05) is 11.9 Å². The first-order valence-electron chi connectivity index (χ1n) is 6.23. The van der Waals surface area contributed by atoms with Gasteiger partial charge in [0, 0.05) is 18.4 Å². The van der Waals surface area contributed by atoms with Crippen molar-refractivity contribution in [2.24, 2.45) is 5.92 Å². The van der Waals surface area contributed by atoms with E-state index < -0.39 is 0 Å². The Hall–Kier alpha value is -2.81. The molecule has 1 atom stereocenters. The fourth-order valence-electron chi connectivity index (χ4n) is 1.62. The van der Waals surface area contributed by atoms with Crippen LogP contribution in [0.3, 0.4) is 0 Å². The monoisotopic (exact) mass is 269 g/mol. The quantitative estimate of drug-likeness (QED) is 0.795. The second-order valence-corrected chi connectivity index (χ2v) is 4.41. The zero-order valence-electron chi connectivity index (χ0n) is 11.1. The van der Waals surface area contributed by atoms with Gasteiger partial charge in [-0.2, -0.15) is 10.4 Å². The fraction of sp³-hybridized carbons (Fsp3) is 0.214. The lowest BCUT2D eigenvalue weighted by Gasteiger charge is -2.08. The number of nitrogens with zero attached hydrogens (tertiary/aromatic N) is 2. The van der Waals surface area contributed by atoms with Crippen LogP contribution < -0.4 is 10.6 Å². The lowest BCUT2D eigenvalue weighted by molar-refractivity contribution is 0.251. The standard InChI is InChI=1S/C14H15N5O/c1-10(8-15)9-16-14(20)18-12-4-2-11(3-5-12)13-6-7-17-19-13/h2-7,10H,9H2,1H3,(H,17,19)(H2,16,18,20). The number of aromatic nitrogens is 2. The highest BCUT2D eigenvalue weighted by Crippen LogP contribution is 2.18. The Kier molecular flexibility index (Phi) is 4.35. The lowest BCUT2D eigenvalue weighted by atomic mass is 10.1. The third kappa shape index (κ3) is 3.59. The number of H-pyrrole nitrogens is 1. The van der Waals surface area contributed by atoms with Gasteiger partial charge in [0.25, 0.3) is 0 Å². The average molecular weight is 269 g/mol. The van der Waals surface area contributed by atoms with E-state index in [1.807, 2.05) is 30.3 Å². The molecule has 1 unspecified atom stereocenters. The first kappa shape index (κ1) is 13.6. The zero-order valence-corrected chi connectivity index (χ0v) is 11.1. The van der Waals surface area contributed by atoms with E-state index in [2.05, 4.69) is 26.9 Å². The molecular weight excluding hydrogens is 254 g/mol. The van der Waals surface area contributed by atoms with E-state index in [0.717, 1.165) is 11.3 Å². The number of anilines is 1. The Bertz CT molecular complexity index is 597. The summed E-state index contributed by atoms with van der Waals surface area (Å²) >= 11 is 0. The van der Waals surface area contributed by atoms with Crippen molar-refractivity contribution in [3.05, 3.63) is 36.5 Å². The summed E-state index contributed by atoms with van der Waals surface area (Å²) in [7, 11) is 0. The van der Waals surface area contributed by atoms with Crippen molar-refractivity contribution < 1.29 is 4.79 Å². The van der Waals surface area contributed by atoms with Crippen LogP contribution >= 0.6 is 0 Å². The molecule has 0 bridgehead atoms. The molecule has 2 amide bonds. The SMILES string of the molecule is CC(C#N)CNC(=O)Nc1ccc(-c2ccn[nH]2)cc1. The van der Waals surface area contributed by atoms with Gasteiger partial charge in [0.05, 0.1) is 17.7 Å². The molecule has 1 aromatic carbocycles. The predicted molar refractivity (Wildman–Crippen MR) is 75.8 cm³/mol. The number of hydrogen-bond acceptors (Lipinski definition) is 3. The lowest BCUT2D eigenvalue weighted by Crippen LogP contribution is -2.31. The Balaban J connectivity index is 1.91. The molecule has 0 saturated heterocycles. The summed E-state index contributed by atoms with van der Waals surface area (Å²) in [5.74, 6) is -0.205. The molecule has 2 rings (SSSR count). The van der Waals surface area contributed by atoms with E-state index >= 15 is 0 Å². The highest BCUT2D eigenvalue weighted by atomic mass is 16.2.